The molecular weight excluding hydrogens is 178 g/mol. The van der Waals surface area contributed by atoms with Gasteiger partial charge in [-0.05, 0) is 20.8 Å². The molecule has 0 saturated heterocycles. The largest absolute Gasteiger partial charge is 0.357 e. The third-order valence-corrected chi connectivity index (χ3v) is 2.11. The first-order valence-electron chi connectivity index (χ1n) is 4.59. The van der Waals surface area contributed by atoms with Gasteiger partial charge in [0.15, 0.2) is 0 Å². The predicted molar refractivity (Wildman–Crippen MR) is 58.1 cm³/mol. The number of nitrogen functional groups attached to an aromatic ring is 1. The smallest absolute Gasteiger partial charge is 0.145 e. The Labute approximate surface area is 84.3 Å². The molecule has 78 valence electrons. The van der Waals surface area contributed by atoms with E-state index in [0.717, 1.165) is 5.82 Å². The summed E-state index contributed by atoms with van der Waals surface area (Å²) in [6.45, 7) is 6.05. The molecule has 0 bridgehead atoms. The van der Waals surface area contributed by atoms with E-state index in [2.05, 4.69) is 34.1 Å². The van der Waals surface area contributed by atoms with Crippen LogP contribution in [0.2, 0.25) is 0 Å². The van der Waals surface area contributed by atoms with E-state index < -0.39 is 0 Å². The first-order chi connectivity index (χ1) is 6.54. The van der Waals surface area contributed by atoms with Gasteiger partial charge in [0, 0.05) is 19.2 Å². The second-order valence-electron chi connectivity index (χ2n) is 3.51. The molecule has 1 rings (SSSR count). The molecule has 0 spiro atoms. The number of nitrogens with two attached hydrogens (primary N) is 1. The molecule has 5 heteroatoms. The number of nitrogens with zero attached hydrogens (tertiary/aromatic N) is 3. The molecule has 0 fully saturated rings. The third kappa shape index (κ3) is 2.32. The summed E-state index contributed by atoms with van der Waals surface area (Å²) in [5, 5.41) is 0. The number of hydrogen-bond acceptors (Lipinski definition) is 5. The molecule has 5 nitrogen and oxygen atoms in total. The predicted octanol–water partition coefficient (Wildman–Crippen LogP) is 0.915. The number of aryl methyl sites for hydroxylation is 1. The van der Waals surface area contributed by atoms with Crippen LogP contribution in [0.5, 0.6) is 0 Å². The molecule has 0 unspecified atom stereocenters. The average molecular weight is 195 g/mol. The Kier molecular flexibility index (Phi) is 3.24. The Hall–Kier alpha value is -1.36. The molecular formula is C9H17N5. The fourth-order valence-corrected chi connectivity index (χ4v) is 1.07. The monoisotopic (exact) mass is 195 g/mol. The number of hydrazine groups is 1. The molecule has 0 saturated carbocycles. The lowest BCUT2D eigenvalue weighted by Gasteiger charge is -2.23. The molecule has 14 heavy (non-hydrogen) atoms. The van der Waals surface area contributed by atoms with Gasteiger partial charge in [0.1, 0.15) is 17.5 Å². The van der Waals surface area contributed by atoms with Crippen LogP contribution in [0.1, 0.15) is 19.7 Å². The summed E-state index contributed by atoms with van der Waals surface area (Å²) in [6.07, 6.45) is 0. The van der Waals surface area contributed by atoms with Crippen LogP contribution < -0.4 is 16.2 Å². The van der Waals surface area contributed by atoms with Gasteiger partial charge in [-0.15, -0.1) is 0 Å². The fraction of sp³-hybridized carbons (Fsp3) is 0.556. The number of aromatic nitrogens is 2. The lowest BCUT2D eigenvalue weighted by atomic mass is 10.3. The van der Waals surface area contributed by atoms with Crippen molar-refractivity contribution in [3.05, 3.63) is 11.9 Å². The number of nitrogens with one attached hydrogen (secondary N) is 1. The van der Waals surface area contributed by atoms with E-state index in [1.807, 2.05) is 20.0 Å². The van der Waals surface area contributed by atoms with Crippen LogP contribution in [0.3, 0.4) is 0 Å². The Balaban J connectivity index is 3.02. The molecule has 1 aromatic heterocycles. The molecule has 0 aliphatic rings. The Morgan fingerprint density at radius 2 is 2.07 bits per heavy atom. The molecule has 1 heterocycles. The van der Waals surface area contributed by atoms with Crippen LogP contribution in [-0.4, -0.2) is 23.1 Å². The Morgan fingerprint density at radius 1 is 1.43 bits per heavy atom. The van der Waals surface area contributed by atoms with E-state index in [1.165, 1.54) is 0 Å². The second-order valence-corrected chi connectivity index (χ2v) is 3.51. The number of rotatable bonds is 3. The standard InChI is InChI=1S/C9H17N5/c1-6(2)14(4)9-5-8(13-10)11-7(3)12-9/h5-6H,10H2,1-4H3,(H,11,12,13). The van der Waals surface area contributed by atoms with Crippen LogP contribution in [-0.2, 0) is 0 Å². The van der Waals surface area contributed by atoms with E-state index >= 15 is 0 Å². The maximum atomic E-state index is 5.31. The maximum absolute atomic E-state index is 5.31. The van der Waals surface area contributed by atoms with E-state index in [9.17, 15) is 0 Å². The van der Waals surface area contributed by atoms with Crippen molar-refractivity contribution in [2.24, 2.45) is 5.84 Å². The Morgan fingerprint density at radius 3 is 2.57 bits per heavy atom. The lowest BCUT2D eigenvalue weighted by Crippen LogP contribution is -2.27. The minimum Gasteiger partial charge on any atom is -0.357 e. The molecule has 0 aliphatic heterocycles. The van der Waals surface area contributed by atoms with E-state index in [4.69, 9.17) is 5.84 Å². The Bertz CT molecular complexity index is 310. The fourth-order valence-electron chi connectivity index (χ4n) is 1.07. The van der Waals surface area contributed by atoms with Gasteiger partial charge in [-0.2, -0.15) is 0 Å². The average Bonchev–Trinajstić information content (AvgIpc) is 2.15. The van der Waals surface area contributed by atoms with Gasteiger partial charge in [0.05, 0.1) is 0 Å². The normalized spacial score (nSPS) is 10.4. The van der Waals surface area contributed by atoms with E-state index in [1.54, 1.807) is 0 Å². The van der Waals surface area contributed by atoms with Gasteiger partial charge in [0.25, 0.3) is 0 Å². The zero-order valence-corrected chi connectivity index (χ0v) is 9.07. The quantitative estimate of drug-likeness (QED) is 0.554. The van der Waals surface area contributed by atoms with Crippen molar-refractivity contribution in [3.63, 3.8) is 0 Å². The van der Waals surface area contributed by atoms with Crippen molar-refractivity contribution in [3.8, 4) is 0 Å². The second kappa shape index (κ2) is 4.23. The van der Waals surface area contributed by atoms with Crippen molar-refractivity contribution >= 4 is 11.6 Å². The molecule has 0 aromatic carbocycles. The first kappa shape index (κ1) is 10.7. The van der Waals surface area contributed by atoms with Gasteiger partial charge in [-0.25, -0.2) is 15.8 Å². The summed E-state index contributed by atoms with van der Waals surface area (Å²) in [5.41, 5.74) is 2.52. The summed E-state index contributed by atoms with van der Waals surface area (Å²) in [4.78, 5) is 10.5. The number of anilines is 2. The van der Waals surface area contributed by atoms with Crippen molar-refractivity contribution in [1.29, 1.82) is 0 Å². The van der Waals surface area contributed by atoms with Crippen LogP contribution in [0.4, 0.5) is 11.6 Å². The molecule has 0 atom stereocenters. The summed E-state index contributed by atoms with van der Waals surface area (Å²) in [7, 11) is 1.99. The number of hydrogen-bond donors (Lipinski definition) is 2. The van der Waals surface area contributed by atoms with Crippen molar-refractivity contribution in [2.75, 3.05) is 17.4 Å². The molecule has 0 amide bonds. The molecule has 3 N–H and O–H groups in total. The third-order valence-electron chi connectivity index (χ3n) is 2.11. The van der Waals surface area contributed by atoms with Gasteiger partial charge in [-0.1, -0.05) is 0 Å². The van der Waals surface area contributed by atoms with Gasteiger partial charge >= 0.3 is 0 Å². The highest BCUT2D eigenvalue weighted by Gasteiger charge is 2.08. The zero-order chi connectivity index (χ0) is 10.7. The summed E-state index contributed by atoms with van der Waals surface area (Å²) >= 11 is 0. The summed E-state index contributed by atoms with van der Waals surface area (Å²) in [6, 6.07) is 2.22. The zero-order valence-electron chi connectivity index (χ0n) is 9.07. The van der Waals surface area contributed by atoms with Crippen LogP contribution in [0, 0.1) is 6.92 Å². The minimum absolute atomic E-state index is 0.398. The highest BCUT2D eigenvalue weighted by molar-refractivity contribution is 5.48. The van der Waals surface area contributed by atoms with Crippen molar-refractivity contribution in [2.45, 2.75) is 26.8 Å². The van der Waals surface area contributed by atoms with Crippen LogP contribution in [0.25, 0.3) is 0 Å². The van der Waals surface area contributed by atoms with E-state index in [0.29, 0.717) is 17.7 Å². The molecule has 0 aliphatic carbocycles. The first-order valence-corrected chi connectivity index (χ1v) is 4.59. The van der Waals surface area contributed by atoms with Gasteiger partial charge in [0.2, 0.25) is 0 Å². The van der Waals surface area contributed by atoms with E-state index in [-0.39, 0.29) is 0 Å². The topological polar surface area (TPSA) is 67.1 Å². The van der Waals surface area contributed by atoms with Crippen molar-refractivity contribution < 1.29 is 0 Å². The minimum atomic E-state index is 0.398. The molecule has 0 radical (unpaired) electrons. The highest BCUT2D eigenvalue weighted by atomic mass is 15.3. The highest BCUT2D eigenvalue weighted by Crippen LogP contribution is 2.15. The lowest BCUT2D eigenvalue weighted by molar-refractivity contribution is 0.739. The van der Waals surface area contributed by atoms with Crippen LogP contribution >= 0.6 is 0 Å². The van der Waals surface area contributed by atoms with Crippen molar-refractivity contribution in [1.82, 2.24) is 9.97 Å². The summed E-state index contributed by atoms with van der Waals surface area (Å²) < 4.78 is 0. The molecule has 1 aromatic rings. The SMILES string of the molecule is Cc1nc(NN)cc(N(C)C(C)C)n1. The maximum Gasteiger partial charge on any atom is 0.145 e. The van der Waals surface area contributed by atoms with Crippen LogP contribution in [0.15, 0.2) is 6.07 Å². The van der Waals surface area contributed by atoms with Gasteiger partial charge in [-0.3, -0.25) is 0 Å². The van der Waals surface area contributed by atoms with Gasteiger partial charge < -0.3 is 10.3 Å². The summed E-state index contributed by atoms with van der Waals surface area (Å²) in [5.74, 6) is 7.53.